The van der Waals surface area contributed by atoms with Gasteiger partial charge >= 0.3 is 17.9 Å². The molecule has 1 fully saturated rings. The van der Waals surface area contributed by atoms with E-state index in [1.54, 1.807) is 40.3 Å². The molecule has 0 spiro atoms. The zero-order valence-electron chi connectivity index (χ0n) is 22.8. The SMILES string of the molecule is CCOC(=O)C(C[C@H]1CN(c2cncc(OCc3ccc(OC)cc3)c2)CCO1)(C(=O)OCC)C(=O)OCC. The number of benzene rings is 1. The molecule has 0 N–H and O–H groups in total. The van der Waals surface area contributed by atoms with Crippen LogP contribution in [0, 0.1) is 5.41 Å². The summed E-state index contributed by atoms with van der Waals surface area (Å²) in [7, 11) is 1.61. The molecule has 0 saturated carbocycles. The largest absolute Gasteiger partial charge is 0.497 e. The van der Waals surface area contributed by atoms with Gasteiger partial charge in [-0.1, -0.05) is 12.1 Å². The molecular formula is C28H36N2O9. The van der Waals surface area contributed by atoms with E-state index in [2.05, 4.69) is 4.98 Å². The number of aromatic nitrogens is 1. The van der Waals surface area contributed by atoms with E-state index in [0.717, 1.165) is 17.0 Å². The second kappa shape index (κ2) is 14.3. The van der Waals surface area contributed by atoms with Crippen LogP contribution in [0.4, 0.5) is 5.69 Å². The van der Waals surface area contributed by atoms with Gasteiger partial charge in [-0.05, 0) is 38.5 Å². The Morgan fingerprint density at radius 2 is 1.56 bits per heavy atom. The summed E-state index contributed by atoms with van der Waals surface area (Å²) in [5.74, 6) is -1.71. The smallest absolute Gasteiger partial charge is 0.335 e. The van der Waals surface area contributed by atoms with E-state index in [-0.39, 0.29) is 32.8 Å². The lowest BCUT2D eigenvalue weighted by Gasteiger charge is -2.37. The third-order valence-corrected chi connectivity index (χ3v) is 6.17. The normalized spacial score (nSPS) is 15.3. The minimum absolute atomic E-state index is 0.0218. The van der Waals surface area contributed by atoms with Crippen molar-refractivity contribution in [3.05, 3.63) is 48.3 Å². The van der Waals surface area contributed by atoms with Gasteiger partial charge in [-0.15, -0.1) is 0 Å². The lowest BCUT2D eigenvalue weighted by atomic mass is 9.81. The van der Waals surface area contributed by atoms with Crippen LogP contribution in [0.1, 0.15) is 32.8 Å². The monoisotopic (exact) mass is 544 g/mol. The van der Waals surface area contributed by atoms with Crippen LogP contribution < -0.4 is 14.4 Å². The van der Waals surface area contributed by atoms with E-state index in [9.17, 15) is 14.4 Å². The summed E-state index contributed by atoms with van der Waals surface area (Å²) in [5, 5.41) is 0. The highest BCUT2D eigenvalue weighted by Crippen LogP contribution is 2.33. The lowest BCUT2D eigenvalue weighted by molar-refractivity contribution is -0.187. The fourth-order valence-corrected chi connectivity index (χ4v) is 4.23. The van der Waals surface area contributed by atoms with Crippen LogP contribution in [0.2, 0.25) is 0 Å². The van der Waals surface area contributed by atoms with Gasteiger partial charge < -0.3 is 33.3 Å². The Kier molecular flexibility index (Phi) is 10.9. The Bertz CT molecular complexity index is 1060. The Labute approximate surface area is 228 Å². The number of carbonyl (C=O) groups excluding carboxylic acids is 3. The molecule has 0 aliphatic carbocycles. The van der Waals surface area contributed by atoms with Gasteiger partial charge in [0.1, 0.15) is 18.1 Å². The number of ether oxygens (including phenoxy) is 6. The lowest BCUT2D eigenvalue weighted by Crippen LogP contribution is -2.54. The van der Waals surface area contributed by atoms with Gasteiger partial charge in [-0.2, -0.15) is 0 Å². The highest BCUT2D eigenvalue weighted by atomic mass is 16.6. The first kappa shape index (κ1) is 29.7. The van der Waals surface area contributed by atoms with Gasteiger partial charge in [0.25, 0.3) is 5.41 Å². The predicted octanol–water partition coefficient (Wildman–Crippen LogP) is 2.94. The van der Waals surface area contributed by atoms with E-state index in [0.29, 0.717) is 25.5 Å². The van der Waals surface area contributed by atoms with Gasteiger partial charge in [0.05, 0.1) is 57.7 Å². The van der Waals surface area contributed by atoms with Crippen molar-refractivity contribution in [1.29, 1.82) is 0 Å². The molecule has 11 heteroatoms. The number of anilines is 1. The maximum absolute atomic E-state index is 13.1. The molecule has 1 aromatic heterocycles. The van der Waals surface area contributed by atoms with Crippen molar-refractivity contribution in [1.82, 2.24) is 4.98 Å². The van der Waals surface area contributed by atoms with Gasteiger partial charge in [-0.3, -0.25) is 19.4 Å². The minimum Gasteiger partial charge on any atom is -0.497 e. The molecule has 1 atom stereocenters. The van der Waals surface area contributed by atoms with Crippen molar-refractivity contribution < 1.29 is 42.8 Å². The number of methoxy groups -OCH3 is 1. The third kappa shape index (κ3) is 7.38. The average molecular weight is 545 g/mol. The molecule has 1 aliphatic heterocycles. The third-order valence-electron chi connectivity index (χ3n) is 6.17. The summed E-state index contributed by atoms with van der Waals surface area (Å²) in [5.41, 5.74) is -0.553. The molecule has 1 aliphatic rings. The summed E-state index contributed by atoms with van der Waals surface area (Å²) in [6, 6.07) is 9.43. The van der Waals surface area contributed by atoms with E-state index in [4.69, 9.17) is 28.4 Å². The first-order valence-electron chi connectivity index (χ1n) is 13.0. The molecule has 212 valence electrons. The Hall–Kier alpha value is -3.86. The van der Waals surface area contributed by atoms with Crippen molar-refractivity contribution in [2.75, 3.05) is 51.5 Å². The number of carbonyl (C=O) groups is 3. The van der Waals surface area contributed by atoms with Crippen LogP contribution in [0.25, 0.3) is 0 Å². The molecule has 0 radical (unpaired) electrons. The molecule has 2 heterocycles. The predicted molar refractivity (Wildman–Crippen MR) is 140 cm³/mol. The van der Waals surface area contributed by atoms with Crippen molar-refractivity contribution in [2.45, 2.75) is 39.9 Å². The van der Waals surface area contributed by atoms with E-state index >= 15 is 0 Å². The van der Waals surface area contributed by atoms with Gasteiger partial charge in [0.2, 0.25) is 0 Å². The highest BCUT2D eigenvalue weighted by Gasteiger charge is 2.59. The van der Waals surface area contributed by atoms with Crippen molar-refractivity contribution in [2.24, 2.45) is 5.41 Å². The molecule has 0 unspecified atom stereocenters. The van der Waals surface area contributed by atoms with Crippen LogP contribution in [0.15, 0.2) is 42.7 Å². The number of nitrogens with zero attached hydrogens (tertiary/aromatic N) is 2. The Morgan fingerprint density at radius 1 is 0.949 bits per heavy atom. The Morgan fingerprint density at radius 3 is 2.13 bits per heavy atom. The molecular weight excluding hydrogens is 508 g/mol. The van der Waals surface area contributed by atoms with Crippen LogP contribution in [0.3, 0.4) is 0 Å². The molecule has 1 aromatic carbocycles. The number of hydrogen-bond donors (Lipinski definition) is 0. The summed E-state index contributed by atoms with van der Waals surface area (Å²) < 4.78 is 32.5. The zero-order valence-corrected chi connectivity index (χ0v) is 22.8. The highest BCUT2D eigenvalue weighted by molar-refractivity contribution is 6.18. The fourth-order valence-electron chi connectivity index (χ4n) is 4.23. The van der Waals surface area contributed by atoms with Gasteiger partial charge in [0, 0.05) is 25.6 Å². The number of hydrogen-bond acceptors (Lipinski definition) is 11. The van der Waals surface area contributed by atoms with E-state index < -0.39 is 29.4 Å². The number of pyridine rings is 1. The summed E-state index contributed by atoms with van der Waals surface area (Å²) >= 11 is 0. The second-order valence-corrected chi connectivity index (χ2v) is 8.73. The van der Waals surface area contributed by atoms with Gasteiger partial charge in [-0.25, -0.2) is 0 Å². The molecule has 0 bridgehead atoms. The molecule has 2 aromatic rings. The first-order chi connectivity index (χ1) is 18.9. The summed E-state index contributed by atoms with van der Waals surface area (Å²) in [6.45, 7) is 6.17. The topological polar surface area (TPSA) is 123 Å². The number of rotatable bonds is 13. The van der Waals surface area contributed by atoms with Crippen LogP contribution in [-0.4, -0.2) is 75.6 Å². The quantitative estimate of drug-likeness (QED) is 0.210. The van der Waals surface area contributed by atoms with Crippen molar-refractivity contribution in [3.63, 3.8) is 0 Å². The van der Waals surface area contributed by atoms with E-state index in [1.165, 1.54) is 0 Å². The number of morpholine rings is 1. The molecule has 39 heavy (non-hydrogen) atoms. The van der Waals surface area contributed by atoms with Crippen LogP contribution >= 0.6 is 0 Å². The fraction of sp³-hybridized carbons (Fsp3) is 0.500. The van der Waals surface area contributed by atoms with Crippen molar-refractivity contribution >= 4 is 23.6 Å². The molecule has 0 amide bonds. The van der Waals surface area contributed by atoms with Crippen LogP contribution in [-0.2, 0) is 39.9 Å². The second-order valence-electron chi connectivity index (χ2n) is 8.73. The molecule has 1 saturated heterocycles. The summed E-state index contributed by atoms with van der Waals surface area (Å²) in [4.78, 5) is 45.5. The van der Waals surface area contributed by atoms with Gasteiger partial charge in [0.15, 0.2) is 0 Å². The average Bonchev–Trinajstić information content (AvgIpc) is 2.95. The molecule has 3 rings (SSSR count). The maximum atomic E-state index is 13.1. The van der Waals surface area contributed by atoms with Crippen molar-refractivity contribution in [3.8, 4) is 11.5 Å². The van der Waals surface area contributed by atoms with E-state index in [1.807, 2.05) is 35.2 Å². The number of esters is 3. The zero-order chi connectivity index (χ0) is 28.3. The summed E-state index contributed by atoms with van der Waals surface area (Å²) in [6.07, 6.45) is 2.35. The maximum Gasteiger partial charge on any atom is 0.335 e. The Balaban J connectivity index is 1.77. The molecule has 11 nitrogen and oxygen atoms in total. The standard InChI is InChI=1S/C28H36N2O9/c1-5-35-25(31)28(26(32)36-6-2,27(33)37-7-3)15-24-18-30(12-13-38-24)21-14-23(17-29-16-21)39-19-20-8-10-22(34-4)11-9-20/h8-11,14,16-17,24H,5-7,12-13,15,18-19H2,1-4H3/t24-/m0/s1. The first-order valence-corrected chi connectivity index (χ1v) is 13.0. The van der Waals surface area contributed by atoms with Crippen LogP contribution in [0.5, 0.6) is 11.5 Å². The minimum atomic E-state index is -2.29.